The van der Waals surface area contributed by atoms with Crippen LogP contribution in [0.1, 0.15) is 67.2 Å². The molecule has 1 aromatic rings. The van der Waals surface area contributed by atoms with E-state index in [9.17, 15) is 9.59 Å². The zero-order valence-corrected chi connectivity index (χ0v) is 11.9. The Morgan fingerprint density at radius 2 is 1.89 bits per heavy atom. The number of carbonyl (C=O) groups is 2. The highest BCUT2D eigenvalue weighted by atomic mass is 16.4. The SMILES string of the molecule is CCc1oc(C(=O)NC(C)(CC)CC)cc1C(=O)O. The van der Waals surface area contributed by atoms with Crippen molar-refractivity contribution < 1.29 is 19.1 Å². The molecule has 1 aromatic heterocycles. The fourth-order valence-electron chi connectivity index (χ4n) is 1.75. The number of nitrogens with one attached hydrogen (secondary N) is 1. The molecule has 0 spiro atoms. The summed E-state index contributed by atoms with van der Waals surface area (Å²) < 4.78 is 5.33. The van der Waals surface area contributed by atoms with Gasteiger partial charge in [-0.15, -0.1) is 0 Å². The van der Waals surface area contributed by atoms with Crippen LogP contribution in [0, 0.1) is 0 Å². The molecule has 0 atom stereocenters. The Bertz CT molecular complexity index is 472. The summed E-state index contributed by atoms with van der Waals surface area (Å²) in [4.78, 5) is 23.1. The number of carboxylic acids is 1. The van der Waals surface area contributed by atoms with Crippen LogP contribution in [0.4, 0.5) is 0 Å². The van der Waals surface area contributed by atoms with Gasteiger partial charge in [0.15, 0.2) is 5.76 Å². The summed E-state index contributed by atoms with van der Waals surface area (Å²) in [6.07, 6.45) is 2.03. The standard InChI is InChI=1S/C14H21NO4/c1-5-10-9(13(17)18)8-11(19-10)12(16)15-14(4,6-2)7-3/h8H,5-7H2,1-4H3,(H,15,16)(H,17,18). The minimum Gasteiger partial charge on any atom is -0.478 e. The predicted molar refractivity (Wildman–Crippen MR) is 71.5 cm³/mol. The van der Waals surface area contributed by atoms with E-state index in [1.165, 1.54) is 6.07 Å². The van der Waals surface area contributed by atoms with Crippen LogP contribution >= 0.6 is 0 Å². The highest BCUT2D eigenvalue weighted by molar-refractivity contribution is 5.96. The van der Waals surface area contributed by atoms with Crippen molar-refractivity contribution in [3.8, 4) is 0 Å². The van der Waals surface area contributed by atoms with Crippen LogP contribution in [0.3, 0.4) is 0 Å². The molecule has 1 amide bonds. The van der Waals surface area contributed by atoms with Crippen LogP contribution in [0.15, 0.2) is 10.5 Å². The molecule has 2 N–H and O–H groups in total. The summed E-state index contributed by atoms with van der Waals surface area (Å²) >= 11 is 0. The van der Waals surface area contributed by atoms with Gasteiger partial charge in [-0.25, -0.2) is 4.79 Å². The van der Waals surface area contributed by atoms with Crippen molar-refractivity contribution >= 4 is 11.9 Å². The zero-order chi connectivity index (χ0) is 14.6. The lowest BCUT2D eigenvalue weighted by atomic mass is 9.95. The van der Waals surface area contributed by atoms with Crippen molar-refractivity contribution in [2.24, 2.45) is 0 Å². The minimum absolute atomic E-state index is 0.0577. The van der Waals surface area contributed by atoms with Crippen LogP contribution < -0.4 is 5.32 Å². The maximum absolute atomic E-state index is 12.1. The normalized spacial score (nSPS) is 11.4. The lowest BCUT2D eigenvalue weighted by molar-refractivity contribution is 0.0694. The molecule has 5 nitrogen and oxygen atoms in total. The molecular formula is C14H21NO4. The van der Waals surface area contributed by atoms with Gasteiger partial charge in [-0.1, -0.05) is 20.8 Å². The zero-order valence-electron chi connectivity index (χ0n) is 11.9. The Morgan fingerprint density at radius 3 is 2.26 bits per heavy atom. The number of hydrogen-bond acceptors (Lipinski definition) is 3. The van der Waals surface area contributed by atoms with Crippen molar-refractivity contribution in [1.29, 1.82) is 0 Å². The van der Waals surface area contributed by atoms with Gasteiger partial charge in [0.05, 0.1) is 0 Å². The van der Waals surface area contributed by atoms with Crippen LogP contribution in [0.25, 0.3) is 0 Å². The van der Waals surface area contributed by atoms with E-state index in [4.69, 9.17) is 9.52 Å². The molecule has 0 aliphatic heterocycles. The largest absolute Gasteiger partial charge is 0.478 e. The Morgan fingerprint density at radius 1 is 1.32 bits per heavy atom. The molecule has 0 saturated heterocycles. The van der Waals surface area contributed by atoms with Gasteiger partial charge >= 0.3 is 5.97 Å². The summed E-state index contributed by atoms with van der Waals surface area (Å²) in [7, 11) is 0. The molecule has 0 saturated carbocycles. The van der Waals surface area contributed by atoms with Crippen molar-refractivity contribution in [3.05, 3.63) is 23.2 Å². The first-order valence-corrected chi connectivity index (χ1v) is 6.55. The highest BCUT2D eigenvalue weighted by Crippen LogP contribution is 2.19. The van der Waals surface area contributed by atoms with Crippen LogP contribution in [-0.4, -0.2) is 22.5 Å². The second-order valence-corrected chi connectivity index (χ2v) is 4.83. The quantitative estimate of drug-likeness (QED) is 0.830. The third kappa shape index (κ3) is 3.36. The molecule has 0 aromatic carbocycles. The van der Waals surface area contributed by atoms with E-state index in [0.717, 1.165) is 12.8 Å². The van der Waals surface area contributed by atoms with E-state index in [1.54, 1.807) is 6.92 Å². The highest BCUT2D eigenvalue weighted by Gasteiger charge is 2.26. The molecule has 1 heterocycles. The van der Waals surface area contributed by atoms with E-state index in [-0.39, 0.29) is 22.8 Å². The summed E-state index contributed by atoms with van der Waals surface area (Å²) in [5.74, 6) is -1.06. The number of hydrogen-bond donors (Lipinski definition) is 2. The van der Waals surface area contributed by atoms with Crippen molar-refractivity contribution in [2.45, 2.75) is 52.5 Å². The smallest absolute Gasteiger partial charge is 0.339 e. The Balaban J connectivity index is 2.98. The number of carbonyl (C=O) groups excluding carboxylic acids is 1. The van der Waals surface area contributed by atoms with Gasteiger partial charge < -0.3 is 14.8 Å². The molecule has 0 unspecified atom stereocenters. The number of carboxylic acid groups (broad SMARTS) is 1. The molecule has 0 aliphatic rings. The second-order valence-electron chi connectivity index (χ2n) is 4.83. The lowest BCUT2D eigenvalue weighted by Crippen LogP contribution is -2.44. The van der Waals surface area contributed by atoms with E-state index in [2.05, 4.69) is 5.32 Å². The maximum atomic E-state index is 12.1. The van der Waals surface area contributed by atoms with Crippen LogP contribution in [-0.2, 0) is 6.42 Å². The van der Waals surface area contributed by atoms with Gasteiger partial charge in [0.2, 0.25) is 0 Å². The molecule has 19 heavy (non-hydrogen) atoms. The summed E-state index contributed by atoms with van der Waals surface area (Å²) in [6, 6.07) is 1.29. The van der Waals surface area contributed by atoms with E-state index < -0.39 is 5.97 Å². The van der Waals surface area contributed by atoms with E-state index in [0.29, 0.717) is 12.2 Å². The molecule has 0 aliphatic carbocycles. The topological polar surface area (TPSA) is 79.5 Å². The van der Waals surface area contributed by atoms with Gasteiger partial charge in [0, 0.05) is 18.0 Å². The maximum Gasteiger partial charge on any atom is 0.339 e. The van der Waals surface area contributed by atoms with Gasteiger partial charge in [0.25, 0.3) is 5.91 Å². The van der Waals surface area contributed by atoms with Gasteiger partial charge in [0.1, 0.15) is 11.3 Å². The van der Waals surface area contributed by atoms with Gasteiger partial charge in [-0.3, -0.25) is 4.79 Å². The van der Waals surface area contributed by atoms with Crippen molar-refractivity contribution in [2.75, 3.05) is 0 Å². The number of amides is 1. The fraction of sp³-hybridized carbons (Fsp3) is 0.571. The van der Waals surface area contributed by atoms with E-state index >= 15 is 0 Å². The fourth-order valence-corrected chi connectivity index (χ4v) is 1.75. The second kappa shape index (κ2) is 5.91. The Kier molecular flexibility index (Phi) is 4.75. The molecule has 5 heteroatoms. The van der Waals surface area contributed by atoms with Crippen LogP contribution in [0.2, 0.25) is 0 Å². The summed E-state index contributed by atoms with van der Waals surface area (Å²) in [6.45, 7) is 7.72. The average molecular weight is 267 g/mol. The Hall–Kier alpha value is -1.78. The molecular weight excluding hydrogens is 246 g/mol. The first-order valence-electron chi connectivity index (χ1n) is 6.55. The van der Waals surface area contributed by atoms with Crippen molar-refractivity contribution in [1.82, 2.24) is 5.32 Å². The number of rotatable bonds is 6. The number of aryl methyl sites for hydroxylation is 1. The molecule has 1 rings (SSSR count). The third-order valence-electron chi connectivity index (χ3n) is 3.56. The molecule has 0 fully saturated rings. The minimum atomic E-state index is -1.08. The molecule has 0 radical (unpaired) electrons. The first kappa shape index (κ1) is 15.3. The average Bonchev–Trinajstić information content (AvgIpc) is 2.83. The monoisotopic (exact) mass is 267 g/mol. The number of furan rings is 1. The molecule has 106 valence electrons. The van der Waals surface area contributed by atoms with E-state index in [1.807, 2.05) is 20.8 Å². The number of aromatic carboxylic acids is 1. The third-order valence-corrected chi connectivity index (χ3v) is 3.56. The first-order chi connectivity index (χ1) is 8.86. The molecule has 0 bridgehead atoms. The van der Waals surface area contributed by atoms with Gasteiger partial charge in [-0.2, -0.15) is 0 Å². The van der Waals surface area contributed by atoms with Crippen LogP contribution in [0.5, 0.6) is 0 Å². The summed E-state index contributed by atoms with van der Waals surface area (Å²) in [5.41, 5.74) is -0.248. The van der Waals surface area contributed by atoms with Gasteiger partial charge in [-0.05, 0) is 19.8 Å². The predicted octanol–water partition coefficient (Wildman–Crippen LogP) is 2.85. The lowest BCUT2D eigenvalue weighted by Gasteiger charge is -2.27. The summed E-state index contributed by atoms with van der Waals surface area (Å²) in [5, 5.41) is 11.9. The Labute approximate surface area is 113 Å². The van der Waals surface area contributed by atoms with Crippen molar-refractivity contribution in [3.63, 3.8) is 0 Å².